The highest BCUT2D eigenvalue weighted by molar-refractivity contribution is 6.34. The van der Waals surface area contributed by atoms with Crippen LogP contribution in [0.3, 0.4) is 0 Å². The number of carbonyl (C=O) groups excluding carboxylic acids is 2. The first-order chi connectivity index (χ1) is 18.6. The highest BCUT2D eigenvalue weighted by Crippen LogP contribution is 2.44. The minimum Gasteiger partial charge on any atom is -0.457 e. The molecule has 5 nitrogen and oxygen atoms in total. The van der Waals surface area contributed by atoms with Gasteiger partial charge in [0, 0.05) is 34.9 Å². The van der Waals surface area contributed by atoms with Crippen molar-refractivity contribution in [3.05, 3.63) is 111 Å². The van der Waals surface area contributed by atoms with Gasteiger partial charge in [0.25, 0.3) is 5.91 Å². The van der Waals surface area contributed by atoms with Crippen LogP contribution in [0.15, 0.2) is 95.3 Å². The standard InChI is InChI=1S/C30H24ClF3N2O3/c1-17-26(29(38)36-24-16-19(30(32,33)34)13-14-22(24)31)27(28-23(35-17)11-6-12-25(28)37)18-7-5-10-21(15-18)39-20-8-3-2-4-9-20/h2-5,7-10,13-16,27,35H,6,11-12H2,1H3,(H,36,38)/t27-/m1/s1. The molecule has 2 aliphatic rings. The van der Waals surface area contributed by atoms with Crippen molar-refractivity contribution in [2.75, 3.05) is 5.32 Å². The first-order valence-corrected chi connectivity index (χ1v) is 12.7. The SMILES string of the molecule is CC1=C(C(=O)Nc2cc(C(F)(F)F)ccc2Cl)[C@@H](c2cccc(Oc3ccccc3)c2)C2=C(CCCC2=O)N1. The average Bonchev–Trinajstić information content (AvgIpc) is 2.89. The van der Waals surface area contributed by atoms with Gasteiger partial charge >= 0.3 is 6.18 Å². The molecule has 39 heavy (non-hydrogen) atoms. The Bertz CT molecular complexity index is 1510. The Morgan fingerprint density at radius 3 is 2.49 bits per heavy atom. The molecule has 0 radical (unpaired) electrons. The number of halogens is 4. The van der Waals surface area contributed by atoms with Crippen LogP contribution in [0.2, 0.25) is 5.02 Å². The van der Waals surface area contributed by atoms with E-state index in [4.69, 9.17) is 16.3 Å². The highest BCUT2D eigenvalue weighted by Gasteiger charge is 2.39. The fourth-order valence-corrected chi connectivity index (χ4v) is 5.15. The molecular weight excluding hydrogens is 529 g/mol. The van der Waals surface area contributed by atoms with Gasteiger partial charge in [0.05, 0.1) is 16.3 Å². The molecule has 1 aliphatic heterocycles. The Labute approximate surface area is 228 Å². The zero-order chi connectivity index (χ0) is 27.7. The average molecular weight is 553 g/mol. The number of nitrogens with one attached hydrogen (secondary N) is 2. The smallest absolute Gasteiger partial charge is 0.416 e. The number of dihydropyridines is 1. The van der Waals surface area contributed by atoms with E-state index in [1.54, 1.807) is 31.2 Å². The number of ketones is 1. The number of anilines is 1. The summed E-state index contributed by atoms with van der Waals surface area (Å²) in [4.78, 5) is 26.9. The molecule has 0 aromatic heterocycles. The van der Waals surface area contributed by atoms with Gasteiger partial charge in [-0.3, -0.25) is 9.59 Å². The van der Waals surface area contributed by atoms with Gasteiger partial charge in [0.2, 0.25) is 0 Å². The van der Waals surface area contributed by atoms with E-state index in [0.717, 1.165) is 23.9 Å². The molecule has 0 spiro atoms. The molecule has 0 saturated carbocycles. The van der Waals surface area contributed by atoms with Gasteiger partial charge in [-0.1, -0.05) is 41.9 Å². The molecule has 1 amide bonds. The van der Waals surface area contributed by atoms with Crippen molar-refractivity contribution >= 4 is 29.0 Å². The van der Waals surface area contributed by atoms with Gasteiger partial charge in [0.15, 0.2) is 5.78 Å². The minimum atomic E-state index is -4.61. The number of hydrogen-bond acceptors (Lipinski definition) is 4. The topological polar surface area (TPSA) is 67.4 Å². The monoisotopic (exact) mass is 552 g/mol. The number of Topliss-reactive ketones (excluding diaryl/α,β-unsaturated/α-hetero) is 1. The summed E-state index contributed by atoms with van der Waals surface area (Å²) in [5.41, 5.74) is 1.47. The summed E-state index contributed by atoms with van der Waals surface area (Å²) in [5, 5.41) is 5.72. The van der Waals surface area contributed by atoms with Crippen LogP contribution in [-0.4, -0.2) is 11.7 Å². The van der Waals surface area contributed by atoms with Crippen molar-refractivity contribution in [1.29, 1.82) is 0 Å². The van der Waals surface area contributed by atoms with E-state index in [1.165, 1.54) is 0 Å². The van der Waals surface area contributed by atoms with Crippen molar-refractivity contribution in [3.8, 4) is 11.5 Å². The van der Waals surface area contributed by atoms with Crippen molar-refractivity contribution < 1.29 is 27.5 Å². The molecule has 9 heteroatoms. The van der Waals surface area contributed by atoms with Crippen LogP contribution in [0.4, 0.5) is 18.9 Å². The maximum Gasteiger partial charge on any atom is 0.416 e. The molecule has 1 heterocycles. The number of para-hydroxylation sites is 1. The second kappa shape index (κ2) is 10.6. The number of rotatable bonds is 5. The van der Waals surface area contributed by atoms with E-state index in [9.17, 15) is 22.8 Å². The van der Waals surface area contributed by atoms with E-state index >= 15 is 0 Å². The molecule has 3 aromatic carbocycles. The van der Waals surface area contributed by atoms with Crippen LogP contribution in [-0.2, 0) is 15.8 Å². The summed E-state index contributed by atoms with van der Waals surface area (Å²) in [5.74, 6) is -0.361. The molecule has 3 aromatic rings. The fraction of sp³-hybridized carbons (Fsp3) is 0.200. The largest absolute Gasteiger partial charge is 0.457 e. The lowest BCUT2D eigenvalue weighted by Crippen LogP contribution is -2.35. The normalized spacial score (nSPS) is 17.5. The van der Waals surface area contributed by atoms with E-state index < -0.39 is 23.6 Å². The Hall–Kier alpha value is -4.04. The molecule has 1 atom stereocenters. The number of allylic oxidation sites excluding steroid dienone is 3. The summed E-state index contributed by atoms with van der Waals surface area (Å²) in [7, 11) is 0. The lowest BCUT2D eigenvalue weighted by molar-refractivity contribution is -0.137. The lowest BCUT2D eigenvalue weighted by atomic mass is 9.75. The maximum atomic E-state index is 13.7. The molecule has 0 bridgehead atoms. The predicted molar refractivity (Wildman–Crippen MR) is 143 cm³/mol. The number of amides is 1. The van der Waals surface area contributed by atoms with Crippen LogP contribution in [0.25, 0.3) is 0 Å². The van der Waals surface area contributed by atoms with Crippen LogP contribution in [0.5, 0.6) is 11.5 Å². The number of benzene rings is 3. The first kappa shape index (κ1) is 26.6. The Morgan fingerprint density at radius 2 is 1.74 bits per heavy atom. The van der Waals surface area contributed by atoms with E-state index in [0.29, 0.717) is 47.6 Å². The van der Waals surface area contributed by atoms with Crippen molar-refractivity contribution in [1.82, 2.24) is 5.32 Å². The molecule has 2 N–H and O–H groups in total. The summed E-state index contributed by atoms with van der Waals surface area (Å²) in [6.45, 7) is 1.71. The molecular formula is C30H24ClF3N2O3. The van der Waals surface area contributed by atoms with Crippen LogP contribution in [0.1, 0.15) is 43.2 Å². The van der Waals surface area contributed by atoms with E-state index in [1.807, 2.05) is 30.3 Å². The third-order valence-corrected chi connectivity index (χ3v) is 7.06. The molecule has 5 rings (SSSR count). The second-order valence-corrected chi connectivity index (χ2v) is 9.81. The van der Waals surface area contributed by atoms with Crippen LogP contribution < -0.4 is 15.4 Å². The van der Waals surface area contributed by atoms with Gasteiger partial charge in [-0.25, -0.2) is 0 Å². The van der Waals surface area contributed by atoms with Gasteiger partial charge in [-0.05, 0) is 67.8 Å². The molecule has 0 saturated heterocycles. The number of alkyl halides is 3. The Balaban J connectivity index is 1.55. The maximum absolute atomic E-state index is 13.7. The second-order valence-electron chi connectivity index (χ2n) is 9.40. The van der Waals surface area contributed by atoms with Crippen molar-refractivity contribution in [2.45, 2.75) is 38.3 Å². The zero-order valence-electron chi connectivity index (χ0n) is 20.9. The third-order valence-electron chi connectivity index (χ3n) is 6.73. The molecule has 200 valence electrons. The van der Waals surface area contributed by atoms with Crippen molar-refractivity contribution in [2.24, 2.45) is 0 Å². The summed E-state index contributed by atoms with van der Waals surface area (Å²) in [6, 6.07) is 19.0. The summed E-state index contributed by atoms with van der Waals surface area (Å²) in [6.07, 6.45) is -2.95. The van der Waals surface area contributed by atoms with Crippen LogP contribution in [0, 0.1) is 0 Å². The quantitative estimate of drug-likeness (QED) is 0.339. The first-order valence-electron chi connectivity index (χ1n) is 12.4. The van der Waals surface area contributed by atoms with Crippen LogP contribution >= 0.6 is 11.6 Å². The zero-order valence-corrected chi connectivity index (χ0v) is 21.6. The molecule has 1 aliphatic carbocycles. The van der Waals surface area contributed by atoms with Gasteiger partial charge in [-0.2, -0.15) is 13.2 Å². The number of hydrogen-bond donors (Lipinski definition) is 2. The fourth-order valence-electron chi connectivity index (χ4n) is 4.99. The van der Waals surface area contributed by atoms with Gasteiger partial charge in [0.1, 0.15) is 11.5 Å². The molecule has 0 unspecified atom stereocenters. The number of ether oxygens (including phenoxy) is 1. The number of carbonyl (C=O) groups is 2. The van der Waals surface area contributed by atoms with E-state index in [2.05, 4.69) is 10.6 Å². The van der Waals surface area contributed by atoms with Crippen molar-refractivity contribution in [3.63, 3.8) is 0 Å². The van der Waals surface area contributed by atoms with E-state index in [-0.39, 0.29) is 22.1 Å². The molecule has 0 fully saturated rings. The lowest BCUT2D eigenvalue weighted by Gasteiger charge is -2.34. The Kier molecular flexibility index (Phi) is 7.23. The van der Waals surface area contributed by atoms with Gasteiger partial charge < -0.3 is 15.4 Å². The predicted octanol–water partition coefficient (Wildman–Crippen LogP) is 7.76. The minimum absolute atomic E-state index is 0.0400. The third kappa shape index (κ3) is 5.56. The van der Waals surface area contributed by atoms with Gasteiger partial charge in [-0.15, -0.1) is 0 Å². The Morgan fingerprint density at radius 1 is 1.00 bits per heavy atom. The summed E-state index contributed by atoms with van der Waals surface area (Å²) < 4.78 is 46.0. The summed E-state index contributed by atoms with van der Waals surface area (Å²) >= 11 is 6.16. The highest BCUT2D eigenvalue weighted by atomic mass is 35.5.